The van der Waals surface area contributed by atoms with Crippen LogP contribution in [-0.4, -0.2) is 49.7 Å². The number of benzene rings is 1. The summed E-state index contributed by atoms with van der Waals surface area (Å²) in [6.07, 6.45) is 4.29. The molecule has 0 aliphatic heterocycles. The van der Waals surface area contributed by atoms with Crippen LogP contribution in [0.1, 0.15) is 33.6 Å². The van der Waals surface area contributed by atoms with Crippen LogP contribution in [0.2, 0.25) is 0 Å². The molecule has 1 unspecified atom stereocenters. The van der Waals surface area contributed by atoms with Crippen LogP contribution in [0.25, 0.3) is 10.9 Å². The quantitative estimate of drug-likeness (QED) is 0.746. The molecule has 132 valence electrons. The normalized spacial score (nSPS) is 12.6. The third-order valence-electron chi connectivity index (χ3n) is 4.65. The second-order valence-corrected chi connectivity index (χ2v) is 6.67. The van der Waals surface area contributed by atoms with Crippen LogP contribution in [0.5, 0.6) is 0 Å². The van der Waals surface area contributed by atoms with Gasteiger partial charge >= 0.3 is 0 Å². The number of nitrogens with zero attached hydrogens (tertiary/aromatic N) is 3. The predicted octanol–water partition coefficient (Wildman–Crippen LogP) is 4.22. The number of nitrogens with one attached hydrogen (secondary N) is 1. The predicted molar refractivity (Wildman–Crippen MR) is 106 cm³/mol. The number of hydrogen-bond donors (Lipinski definition) is 1. The molecule has 0 fully saturated rings. The lowest BCUT2D eigenvalue weighted by atomic mass is 10.1. The molecule has 1 aromatic heterocycles. The van der Waals surface area contributed by atoms with Gasteiger partial charge in [0.2, 0.25) is 0 Å². The van der Waals surface area contributed by atoms with Crippen molar-refractivity contribution in [1.82, 2.24) is 9.88 Å². The van der Waals surface area contributed by atoms with Crippen molar-refractivity contribution in [3.63, 3.8) is 0 Å². The van der Waals surface area contributed by atoms with Gasteiger partial charge in [0.15, 0.2) is 0 Å². The minimum Gasteiger partial charge on any atom is -0.382 e. The van der Waals surface area contributed by atoms with Crippen molar-refractivity contribution in [1.29, 1.82) is 0 Å². The Morgan fingerprint density at radius 2 is 1.88 bits per heavy atom. The van der Waals surface area contributed by atoms with Gasteiger partial charge < -0.3 is 15.1 Å². The molecule has 2 rings (SSSR count). The Morgan fingerprint density at radius 1 is 1.12 bits per heavy atom. The summed E-state index contributed by atoms with van der Waals surface area (Å²) in [5.74, 6) is 0. The third kappa shape index (κ3) is 4.84. The van der Waals surface area contributed by atoms with Crippen LogP contribution in [-0.2, 0) is 0 Å². The number of hydrogen-bond acceptors (Lipinski definition) is 4. The molecule has 0 saturated carbocycles. The Kier molecular flexibility index (Phi) is 6.85. The van der Waals surface area contributed by atoms with Crippen molar-refractivity contribution in [2.75, 3.05) is 43.9 Å². The molecule has 24 heavy (non-hydrogen) atoms. The highest BCUT2D eigenvalue weighted by atomic mass is 15.1. The molecule has 1 heterocycles. The van der Waals surface area contributed by atoms with Gasteiger partial charge in [-0.1, -0.05) is 13.8 Å². The molecule has 0 saturated heterocycles. The van der Waals surface area contributed by atoms with Gasteiger partial charge in [-0.3, -0.25) is 4.98 Å². The molecule has 0 aliphatic rings. The number of fused-ring (bicyclic) bond motifs is 1. The van der Waals surface area contributed by atoms with E-state index in [4.69, 9.17) is 0 Å². The second-order valence-electron chi connectivity index (χ2n) is 6.67. The first-order valence-electron chi connectivity index (χ1n) is 9.10. The van der Waals surface area contributed by atoms with Gasteiger partial charge in [0, 0.05) is 43.1 Å². The van der Waals surface area contributed by atoms with Gasteiger partial charge in [-0.25, -0.2) is 0 Å². The summed E-state index contributed by atoms with van der Waals surface area (Å²) in [4.78, 5) is 9.10. The van der Waals surface area contributed by atoms with Crippen molar-refractivity contribution in [3.8, 4) is 0 Å². The van der Waals surface area contributed by atoms with E-state index in [2.05, 4.69) is 79.2 Å². The van der Waals surface area contributed by atoms with E-state index in [1.165, 1.54) is 36.1 Å². The van der Waals surface area contributed by atoms with Crippen LogP contribution < -0.4 is 10.2 Å². The standard InChI is InChI=1S/C20H32N4/c1-6-24(7-2)14-8-9-16(3)22-20-12-13-21-19-11-10-17(23(4)5)15-18(19)20/h10-13,15-16H,6-9,14H2,1-5H3,(H,21,22). The van der Waals surface area contributed by atoms with Gasteiger partial charge in [0.05, 0.1) is 5.52 Å². The topological polar surface area (TPSA) is 31.4 Å². The Bertz CT molecular complexity index is 635. The van der Waals surface area contributed by atoms with Crippen LogP contribution in [0.15, 0.2) is 30.5 Å². The number of rotatable bonds is 9. The monoisotopic (exact) mass is 328 g/mol. The van der Waals surface area contributed by atoms with Gasteiger partial charge in [-0.15, -0.1) is 0 Å². The lowest BCUT2D eigenvalue weighted by Crippen LogP contribution is -2.25. The highest BCUT2D eigenvalue weighted by molar-refractivity contribution is 5.93. The second kappa shape index (κ2) is 8.88. The lowest BCUT2D eigenvalue weighted by molar-refractivity contribution is 0.295. The van der Waals surface area contributed by atoms with E-state index >= 15 is 0 Å². The molecular formula is C20H32N4. The fourth-order valence-corrected chi connectivity index (χ4v) is 3.04. The van der Waals surface area contributed by atoms with Crippen molar-refractivity contribution in [2.24, 2.45) is 0 Å². The highest BCUT2D eigenvalue weighted by Gasteiger charge is 2.08. The lowest BCUT2D eigenvalue weighted by Gasteiger charge is -2.21. The zero-order chi connectivity index (χ0) is 17.5. The zero-order valence-corrected chi connectivity index (χ0v) is 15.8. The minimum atomic E-state index is 0.453. The van der Waals surface area contributed by atoms with E-state index in [1.54, 1.807) is 0 Å². The van der Waals surface area contributed by atoms with Gasteiger partial charge in [-0.05, 0) is 63.7 Å². The Hall–Kier alpha value is -1.81. The van der Waals surface area contributed by atoms with Crippen molar-refractivity contribution in [3.05, 3.63) is 30.5 Å². The smallest absolute Gasteiger partial charge is 0.0724 e. The summed E-state index contributed by atoms with van der Waals surface area (Å²) in [6.45, 7) is 10.2. The van der Waals surface area contributed by atoms with E-state index in [0.717, 1.165) is 18.6 Å². The average molecular weight is 329 g/mol. The maximum Gasteiger partial charge on any atom is 0.0724 e. The molecule has 2 aromatic rings. The van der Waals surface area contributed by atoms with Crippen molar-refractivity contribution < 1.29 is 0 Å². The van der Waals surface area contributed by atoms with Gasteiger partial charge in [0.1, 0.15) is 0 Å². The molecule has 4 heteroatoms. The van der Waals surface area contributed by atoms with Crippen molar-refractivity contribution >= 4 is 22.3 Å². The van der Waals surface area contributed by atoms with Gasteiger partial charge in [-0.2, -0.15) is 0 Å². The Balaban J connectivity index is 2.04. The summed E-state index contributed by atoms with van der Waals surface area (Å²) in [7, 11) is 4.14. The summed E-state index contributed by atoms with van der Waals surface area (Å²) in [6, 6.07) is 8.97. The summed E-state index contributed by atoms with van der Waals surface area (Å²) >= 11 is 0. The van der Waals surface area contributed by atoms with Crippen LogP contribution in [0.3, 0.4) is 0 Å². The Labute approximate surface area is 146 Å². The van der Waals surface area contributed by atoms with Crippen LogP contribution >= 0.6 is 0 Å². The van der Waals surface area contributed by atoms with Crippen molar-refractivity contribution in [2.45, 2.75) is 39.7 Å². The van der Waals surface area contributed by atoms with E-state index in [9.17, 15) is 0 Å². The molecule has 4 nitrogen and oxygen atoms in total. The fraction of sp³-hybridized carbons (Fsp3) is 0.550. The minimum absolute atomic E-state index is 0.453. The number of anilines is 2. The first-order valence-corrected chi connectivity index (χ1v) is 9.10. The summed E-state index contributed by atoms with van der Waals surface area (Å²) < 4.78 is 0. The van der Waals surface area contributed by atoms with E-state index in [-0.39, 0.29) is 0 Å². The maximum absolute atomic E-state index is 4.49. The molecule has 1 atom stereocenters. The first kappa shape index (κ1) is 18.5. The van der Waals surface area contributed by atoms with Gasteiger partial charge in [0.25, 0.3) is 0 Å². The zero-order valence-electron chi connectivity index (χ0n) is 15.8. The van der Waals surface area contributed by atoms with E-state index < -0.39 is 0 Å². The largest absolute Gasteiger partial charge is 0.382 e. The van der Waals surface area contributed by atoms with Crippen LogP contribution in [0, 0.1) is 0 Å². The average Bonchev–Trinajstić information content (AvgIpc) is 2.58. The molecule has 0 bridgehead atoms. The van der Waals surface area contributed by atoms with E-state index in [0.29, 0.717) is 6.04 Å². The molecule has 0 amide bonds. The van der Waals surface area contributed by atoms with Crippen LogP contribution in [0.4, 0.5) is 11.4 Å². The molecule has 0 aliphatic carbocycles. The molecule has 0 radical (unpaired) electrons. The molecular weight excluding hydrogens is 296 g/mol. The maximum atomic E-state index is 4.49. The molecule has 1 N–H and O–H groups in total. The Morgan fingerprint density at radius 3 is 2.54 bits per heavy atom. The summed E-state index contributed by atoms with van der Waals surface area (Å²) in [5.41, 5.74) is 3.42. The highest BCUT2D eigenvalue weighted by Crippen LogP contribution is 2.26. The number of pyridine rings is 1. The SMILES string of the molecule is CCN(CC)CCCC(C)Nc1ccnc2ccc(N(C)C)cc12. The number of aromatic nitrogens is 1. The molecule has 1 aromatic carbocycles. The first-order chi connectivity index (χ1) is 11.5. The summed E-state index contributed by atoms with van der Waals surface area (Å²) in [5, 5.41) is 4.88. The molecule has 0 spiro atoms. The third-order valence-corrected chi connectivity index (χ3v) is 4.65. The van der Waals surface area contributed by atoms with E-state index in [1.807, 2.05) is 6.20 Å². The fourth-order valence-electron chi connectivity index (χ4n) is 3.04.